The Bertz CT molecular complexity index is 620. The summed E-state index contributed by atoms with van der Waals surface area (Å²) in [7, 11) is 0. The van der Waals surface area contributed by atoms with Crippen LogP contribution in [0.15, 0.2) is 18.2 Å². The maximum absolute atomic E-state index is 12.5. The Morgan fingerprint density at radius 1 is 1.29 bits per heavy atom. The van der Waals surface area contributed by atoms with Crippen molar-refractivity contribution in [2.24, 2.45) is 0 Å². The lowest BCUT2D eigenvalue weighted by Crippen LogP contribution is -2.41. The fraction of sp³-hybridized carbons (Fsp3) is 0.579. The second kappa shape index (κ2) is 7.34. The summed E-state index contributed by atoms with van der Waals surface area (Å²) >= 11 is 0. The number of nitrogens with one attached hydrogen (secondary N) is 1. The fourth-order valence-electron chi connectivity index (χ4n) is 2.98. The minimum absolute atomic E-state index is 0.0340. The molecule has 1 unspecified atom stereocenters. The monoisotopic (exact) mass is 332 g/mol. The topological polar surface area (TPSA) is 58.6 Å². The van der Waals surface area contributed by atoms with Crippen LogP contribution < -0.4 is 5.32 Å². The summed E-state index contributed by atoms with van der Waals surface area (Å²) in [6.45, 7) is 11.4. The van der Waals surface area contributed by atoms with E-state index in [1.165, 1.54) is 0 Å². The van der Waals surface area contributed by atoms with Crippen LogP contribution in [-0.4, -0.2) is 48.1 Å². The quantitative estimate of drug-likeness (QED) is 0.861. The Hall–Kier alpha value is -1.88. The van der Waals surface area contributed by atoms with Crippen LogP contribution in [0.4, 0.5) is 4.79 Å². The highest BCUT2D eigenvalue weighted by atomic mass is 16.6. The van der Waals surface area contributed by atoms with Crippen LogP contribution in [0, 0.1) is 13.8 Å². The molecule has 0 aromatic heterocycles. The van der Waals surface area contributed by atoms with Crippen LogP contribution in [0.3, 0.4) is 0 Å². The number of nitrogens with zero attached hydrogens (tertiary/aromatic N) is 1. The first kappa shape index (κ1) is 18.5. The summed E-state index contributed by atoms with van der Waals surface area (Å²) in [5.74, 6) is 0.130. The molecule has 1 amide bonds. The van der Waals surface area contributed by atoms with E-state index < -0.39 is 11.7 Å². The van der Waals surface area contributed by atoms with Crippen molar-refractivity contribution >= 4 is 11.9 Å². The van der Waals surface area contributed by atoms with E-state index in [1.54, 1.807) is 0 Å². The van der Waals surface area contributed by atoms with E-state index in [4.69, 9.17) is 4.74 Å². The average molecular weight is 332 g/mol. The van der Waals surface area contributed by atoms with Crippen LogP contribution in [0.5, 0.6) is 0 Å². The van der Waals surface area contributed by atoms with Crippen molar-refractivity contribution in [2.45, 2.75) is 52.7 Å². The number of ether oxygens (including phenoxy) is 1. The van der Waals surface area contributed by atoms with Gasteiger partial charge in [-0.25, -0.2) is 4.79 Å². The third-order valence-corrected chi connectivity index (χ3v) is 4.04. The van der Waals surface area contributed by atoms with Gasteiger partial charge in [0.25, 0.3) is 0 Å². The molecule has 1 saturated heterocycles. The molecule has 2 rings (SSSR count). The highest BCUT2D eigenvalue weighted by Gasteiger charge is 2.27. The van der Waals surface area contributed by atoms with Crippen LogP contribution >= 0.6 is 0 Å². The van der Waals surface area contributed by atoms with E-state index in [0.717, 1.165) is 29.7 Å². The number of aryl methyl sites for hydroxylation is 2. The summed E-state index contributed by atoms with van der Waals surface area (Å²) < 4.78 is 5.28. The highest BCUT2D eigenvalue weighted by Crippen LogP contribution is 2.15. The minimum Gasteiger partial charge on any atom is -0.444 e. The van der Waals surface area contributed by atoms with Crippen LogP contribution in [0.1, 0.15) is 48.7 Å². The van der Waals surface area contributed by atoms with Gasteiger partial charge in [-0.05, 0) is 46.6 Å². The largest absolute Gasteiger partial charge is 0.444 e. The molecule has 1 atom stereocenters. The van der Waals surface area contributed by atoms with Crippen LogP contribution in [-0.2, 0) is 4.74 Å². The number of alkyl carbamates (subject to hydrolysis) is 1. The molecule has 1 fully saturated rings. The third kappa shape index (κ3) is 5.34. The second-order valence-corrected chi connectivity index (χ2v) is 7.61. The lowest BCUT2D eigenvalue weighted by molar-refractivity contribution is 0.0506. The van der Waals surface area contributed by atoms with Gasteiger partial charge in [-0.15, -0.1) is 0 Å². The molecule has 0 aliphatic carbocycles. The van der Waals surface area contributed by atoms with E-state index in [1.807, 2.05) is 52.8 Å². The zero-order valence-corrected chi connectivity index (χ0v) is 15.3. The normalized spacial score (nSPS) is 18.5. The SMILES string of the molecule is Cc1ccc(C(=O)CN2CCC(NC(=O)OC(C)(C)C)C2)c(C)c1. The highest BCUT2D eigenvalue weighted by molar-refractivity contribution is 5.99. The van der Waals surface area contributed by atoms with Crippen molar-refractivity contribution in [3.63, 3.8) is 0 Å². The molecule has 0 spiro atoms. The standard InChI is InChI=1S/C19H28N2O3/c1-13-6-7-16(14(2)10-13)17(22)12-21-9-8-15(11-21)20-18(23)24-19(3,4)5/h6-7,10,15H,8-9,11-12H2,1-5H3,(H,20,23). The number of amides is 1. The zero-order chi connectivity index (χ0) is 17.9. The van der Waals surface area contributed by atoms with E-state index in [9.17, 15) is 9.59 Å². The first-order chi connectivity index (χ1) is 11.1. The Morgan fingerprint density at radius 2 is 2.00 bits per heavy atom. The molecule has 1 aromatic carbocycles. The molecular formula is C19H28N2O3. The summed E-state index contributed by atoms with van der Waals surface area (Å²) in [6, 6.07) is 5.94. The van der Waals surface area contributed by atoms with E-state index in [2.05, 4.69) is 10.2 Å². The van der Waals surface area contributed by atoms with Gasteiger partial charge in [-0.1, -0.05) is 23.8 Å². The number of carbonyl (C=O) groups is 2. The summed E-state index contributed by atoms with van der Waals surface area (Å²) in [5.41, 5.74) is 2.46. The first-order valence-corrected chi connectivity index (χ1v) is 8.46. The zero-order valence-electron chi connectivity index (χ0n) is 15.3. The van der Waals surface area contributed by atoms with E-state index >= 15 is 0 Å². The fourth-order valence-corrected chi connectivity index (χ4v) is 2.98. The van der Waals surface area contributed by atoms with Crippen molar-refractivity contribution in [3.8, 4) is 0 Å². The van der Waals surface area contributed by atoms with Crippen molar-refractivity contribution in [2.75, 3.05) is 19.6 Å². The molecule has 24 heavy (non-hydrogen) atoms. The number of hydrogen-bond acceptors (Lipinski definition) is 4. The molecule has 0 radical (unpaired) electrons. The molecule has 0 saturated carbocycles. The average Bonchev–Trinajstić information content (AvgIpc) is 2.83. The smallest absolute Gasteiger partial charge is 0.407 e. The predicted molar refractivity (Wildman–Crippen MR) is 94.5 cm³/mol. The van der Waals surface area contributed by atoms with Crippen molar-refractivity contribution in [1.82, 2.24) is 10.2 Å². The van der Waals surface area contributed by atoms with Crippen molar-refractivity contribution in [1.29, 1.82) is 0 Å². The lowest BCUT2D eigenvalue weighted by Gasteiger charge is -2.22. The Labute approximate surface area is 144 Å². The number of rotatable bonds is 4. The van der Waals surface area contributed by atoms with Gasteiger partial charge in [0, 0.05) is 24.7 Å². The lowest BCUT2D eigenvalue weighted by atomic mass is 10.0. The maximum atomic E-state index is 12.5. The van der Waals surface area contributed by atoms with Crippen LogP contribution in [0.25, 0.3) is 0 Å². The first-order valence-electron chi connectivity index (χ1n) is 8.46. The maximum Gasteiger partial charge on any atom is 0.407 e. The third-order valence-electron chi connectivity index (χ3n) is 4.04. The Morgan fingerprint density at radius 3 is 2.62 bits per heavy atom. The molecule has 1 N–H and O–H groups in total. The minimum atomic E-state index is -0.499. The van der Waals surface area contributed by atoms with E-state index in [0.29, 0.717) is 13.1 Å². The Balaban J connectivity index is 1.85. The van der Waals surface area contributed by atoms with Gasteiger partial charge >= 0.3 is 6.09 Å². The van der Waals surface area contributed by atoms with Crippen molar-refractivity contribution in [3.05, 3.63) is 34.9 Å². The summed E-state index contributed by atoms with van der Waals surface area (Å²) in [4.78, 5) is 26.4. The molecule has 5 nitrogen and oxygen atoms in total. The second-order valence-electron chi connectivity index (χ2n) is 7.61. The number of Topliss-reactive ketones (excluding diaryl/α,β-unsaturated/α-hetero) is 1. The summed E-state index contributed by atoms with van der Waals surface area (Å²) in [6.07, 6.45) is 0.439. The van der Waals surface area contributed by atoms with Gasteiger partial charge in [0.05, 0.1) is 6.54 Å². The molecule has 1 heterocycles. The molecular weight excluding hydrogens is 304 g/mol. The molecule has 0 bridgehead atoms. The molecule has 132 valence electrons. The van der Waals surface area contributed by atoms with Gasteiger partial charge in [-0.2, -0.15) is 0 Å². The molecule has 1 aliphatic rings. The number of ketones is 1. The predicted octanol–water partition coefficient (Wildman–Crippen LogP) is 3.09. The van der Waals surface area contributed by atoms with E-state index in [-0.39, 0.29) is 11.8 Å². The number of likely N-dealkylation sites (tertiary alicyclic amines) is 1. The van der Waals surface area contributed by atoms with Crippen molar-refractivity contribution < 1.29 is 14.3 Å². The van der Waals surface area contributed by atoms with Gasteiger partial charge in [-0.3, -0.25) is 9.69 Å². The van der Waals surface area contributed by atoms with Gasteiger partial charge < -0.3 is 10.1 Å². The number of benzene rings is 1. The number of hydrogen-bond donors (Lipinski definition) is 1. The molecule has 5 heteroatoms. The van der Waals surface area contributed by atoms with Crippen LogP contribution in [0.2, 0.25) is 0 Å². The van der Waals surface area contributed by atoms with Gasteiger partial charge in [0.2, 0.25) is 0 Å². The Kier molecular flexibility index (Phi) is 5.65. The molecule has 1 aromatic rings. The van der Waals surface area contributed by atoms with Gasteiger partial charge in [0.1, 0.15) is 5.60 Å². The van der Waals surface area contributed by atoms with Gasteiger partial charge in [0.15, 0.2) is 5.78 Å². The number of carbonyl (C=O) groups excluding carboxylic acids is 2. The summed E-state index contributed by atoms with van der Waals surface area (Å²) in [5, 5.41) is 2.88. The molecule has 1 aliphatic heterocycles.